The number of anilines is 1. The van der Waals surface area contributed by atoms with Crippen molar-refractivity contribution >= 4 is 27.5 Å². The van der Waals surface area contributed by atoms with E-state index in [1.807, 2.05) is 18.2 Å². The quantitative estimate of drug-likeness (QED) is 0.869. The van der Waals surface area contributed by atoms with Gasteiger partial charge >= 0.3 is 0 Å². The van der Waals surface area contributed by atoms with Crippen LogP contribution >= 0.6 is 15.9 Å². The highest BCUT2D eigenvalue weighted by molar-refractivity contribution is 9.10. The van der Waals surface area contributed by atoms with Gasteiger partial charge in [-0.1, -0.05) is 22.0 Å². The molecule has 0 aromatic heterocycles. The third-order valence-corrected chi connectivity index (χ3v) is 2.29. The summed E-state index contributed by atoms with van der Waals surface area (Å²) in [6.07, 6.45) is 0.767. The highest BCUT2D eigenvalue weighted by Gasteiger charge is 2.03. The van der Waals surface area contributed by atoms with Gasteiger partial charge in [-0.15, -0.1) is 0 Å². The minimum Gasteiger partial charge on any atom is -0.330 e. The molecule has 0 heterocycles. The third-order valence-electron chi connectivity index (χ3n) is 1.80. The number of nitrogens with one attached hydrogen (secondary N) is 1. The van der Waals surface area contributed by atoms with Gasteiger partial charge in [0.05, 0.1) is 0 Å². The number of rotatable bonds is 3. The monoisotopic (exact) mass is 256 g/mol. The summed E-state index contributed by atoms with van der Waals surface area (Å²) in [6.45, 7) is 2.07. The van der Waals surface area contributed by atoms with Crippen LogP contribution in [-0.2, 0) is 11.2 Å². The van der Waals surface area contributed by atoms with Crippen molar-refractivity contribution in [2.45, 2.75) is 13.3 Å². The van der Waals surface area contributed by atoms with Gasteiger partial charge in [0.2, 0.25) is 5.91 Å². The van der Waals surface area contributed by atoms with Crippen LogP contribution in [0.3, 0.4) is 0 Å². The Kier molecular flexibility index (Phi) is 4.10. The van der Waals surface area contributed by atoms with Gasteiger partial charge < -0.3 is 11.1 Å². The first-order valence-electron chi connectivity index (χ1n) is 4.39. The molecule has 3 nitrogen and oxygen atoms in total. The van der Waals surface area contributed by atoms with Gasteiger partial charge in [0, 0.05) is 17.1 Å². The lowest BCUT2D eigenvalue weighted by Gasteiger charge is -2.09. The molecule has 0 fully saturated rings. The van der Waals surface area contributed by atoms with Crippen LogP contribution in [0.4, 0.5) is 5.69 Å². The van der Waals surface area contributed by atoms with Crippen molar-refractivity contribution in [3.05, 3.63) is 28.2 Å². The summed E-state index contributed by atoms with van der Waals surface area (Å²) in [4.78, 5) is 10.9. The fourth-order valence-electron chi connectivity index (χ4n) is 1.23. The maximum Gasteiger partial charge on any atom is 0.221 e. The smallest absolute Gasteiger partial charge is 0.221 e. The minimum absolute atomic E-state index is 0.0682. The Balaban J connectivity index is 2.96. The molecule has 0 aliphatic carbocycles. The van der Waals surface area contributed by atoms with Gasteiger partial charge in [-0.25, -0.2) is 0 Å². The van der Waals surface area contributed by atoms with E-state index in [0.717, 1.165) is 22.1 Å². The maximum atomic E-state index is 10.9. The summed E-state index contributed by atoms with van der Waals surface area (Å²) in [7, 11) is 0. The fraction of sp³-hybridized carbons (Fsp3) is 0.300. The van der Waals surface area contributed by atoms with Gasteiger partial charge in [-0.3, -0.25) is 4.79 Å². The molecule has 76 valence electrons. The summed E-state index contributed by atoms with van der Waals surface area (Å²) in [6, 6.07) is 5.78. The van der Waals surface area contributed by atoms with Crippen LogP contribution in [-0.4, -0.2) is 12.5 Å². The molecule has 0 atom stereocenters. The number of carbonyl (C=O) groups excluding carboxylic acids is 1. The van der Waals surface area contributed by atoms with E-state index in [1.54, 1.807) is 0 Å². The number of hydrogen-bond acceptors (Lipinski definition) is 2. The topological polar surface area (TPSA) is 55.1 Å². The summed E-state index contributed by atoms with van der Waals surface area (Å²) in [5, 5.41) is 2.77. The van der Waals surface area contributed by atoms with Crippen LogP contribution in [0.25, 0.3) is 0 Å². The Labute approximate surface area is 91.8 Å². The van der Waals surface area contributed by atoms with Crippen LogP contribution in [0.15, 0.2) is 22.7 Å². The predicted octanol–water partition coefficient (Wildman–Crippen LogP) is 1.91. The van der Waals surface area contributed by atoms with Gasteiger partial charge in [-0.2, -0.15) is 0 Å². The first kappa shape index (κ1) is 11.2. The molecule has 0 unspecified atom stereocenters. The Morgan fingerprint density at radius 2 is 2.29 bits per heavy atom. The van der Waals surface area contributed by atoms with Crippen LogP contribution in [0.1, 0.15) is 12.5 Å². The molecule has 1 aromatic carbocycles. The largest absolute Gasteiger partial charge is 0.330 e. The predicted molar refractivity (Wildman–Crippen MR) is 61.2 cm³/mol. The number of amides is 1. The number of benzene rings is 1. The molecule has 0 saturated carbocycles. The van der Waals surface area contributed by atoms with Crippen molar-refractivity contribution < 1.29 is 4.79 Å². The lowest BCUT2D eigenvalue weighted by Crippen LogP contribution is -2.10. The Morgan fingerprint density at radius 3 is 2.86 bits per heavy atom. The van der Waals surface area contributed by atoms with Crippen molar-refractivity contribution in [1.29, 1.82) is 0 Å². The normalized spacial score (nSPS) is 9.93. The van der Waals surface area contributed by atoms with E-state index < -0.39 is 0 Å². The van der Waals surface area contributed by atoms with E-state index in [1.165, 1.54) is 6.92 Å². The zero-order valence-corrected chi connectivity index (χ0v) is 9.60. The van der Waals surface area contributed by atoms with Crippen molar-refractivity contribution in [3.8, 4) is 0 Å². The van der Waals surface area contributed by atoms with Crippen LogP contribution in [0.2, 0.25) is 0 Å². The molecule has 0 saturated heterocycles. The van der Waals surface area contributed by atoms with Crippen LogP contribution < -0.4 is 11.1 Å². The molecule has 4 heteroatoms. The highest BCUT2D eigenvalue weighted by atomic mass is 79.9. The van der Waals surface area contributed by atoms with Gasteiger partial charge in [-0.05, 0) is 30.7 Å². The molecule has 3 N–H and O–H groups in total. The van der Waals surface area contributed by atoms with E-state index >= 15 is 0 Å². The first-order chi connectivity index (χ1) is 6.63. The molecular formula is C10H13BrN2O. The lowest BCUT2D eigenvalue weighted by molar-refractivity contribution is -0.114. The fourth-order valence-corrected chi connectivity index (χ4v) is 1.59. The zero-order valence-electron chi connectivity index (χ0n) is 8.01. The van der Waals surface area contributed by atoms with Crippen LogP contribution in [0, 0.1) is 0 Å². The summed E-state index contributed by atoms with van der Waals surface area (Å²) in [5.74, 6) is -0.0682. The summed E-state index contributed by atoms with van der Waals surface area (Å²) >= 11 is 3.35. The Hall–Kier alpha value is -0.870. The molecular weight excluding hydrogens is 244 g/mol. The van der Waals surface area contributed by atoms with Crippen molar-refractivity contribution in [2.24, 2.45) is 5.73 Å². The van der Waals surface area contributed by atoms with Gasteiger partial charge in [0.15, 0.2) is 0 Å². The average Bonchev–Trinajstić information content (AvgIpc) is 2.09. The second-order valence-electron chi connectivity index (χ2n) is 3.02. The van der Waals surface area contributed by atoms with E-state index in [2.05, 4.69) is 21.2 Å². The third kappa shape index (κ3) is 3.12. The standard InChI is InChI=1S/C10H13BrN2O/c1-7(14)13-10-6-9(11)3-2-8(10)4-5-12/h2-3,6H,4-5,12H2,1H3,(H,13,14). The lowest BCUT2D eigenvalue weighted by atomic mass is 10.1. The van der Waals surface area contributed by atoms with Gasteiger partial charge in [0.25, 0.3) is 0 Å². The van der Waals surface area contributed by atoms with Crippen molar-refractivity contribution in [3.63, 3.8) is 0 Å². The molecule has 14 heavy (non-hydrogen) atoms. The SMILES string of the molecule is CC(=O)Nc1cc(Br)ccc1CCN. The Bertz CT molecular complexity index is 339. The van der Waals surface area contributed by atoms with Crippen molar-refractivity contribution in [1.82, 2.24) is 0 Å². The number of nitrogens with two attached hydrogens (primary N) is 1. The molecule has 0 bridgehead atoms. The zero-order chi connectivity index (χ0) is 10.6. The minimum atomic E-state index is -0.0682. The number of halogens is 1. The van der Waals surface area contributed by atoms with Gasteiger partial charge in [0.1, 0.15) is 0 Å². The molecule has 0 radical (unpaired) electrons. The average molecular weight is 257 g/mol. The number of hydrogen-bond donors (Lipinski definition) is 2. The summed E-state index contributed by atoms with van der Waals surface area (Å²) in [5.41, 5.74) is 7.37. The molecule has 1 aromatic rings. The molecule has 0 aliphatic rings. The number of carbonyl (C=O) groups is 1. The molecule has 1 rings (SSSR count). The van der Waals surface area contributed by atoms with E-state index in [-0.39, 0.29) is 5.91 Å². The maximum absolute atomic E-state index is 10.9. The van der Waals surface area contributed by atoms with E-state index in [9.17, 15) is 4.79 Å². The van der Waals surface area contributed by atoms with E-state index in [4.69, 9.17) is 5.73 Å². The molecule has 0 aliphatic heterocycles. The Morgan fingerprint density at radius 1 is 1.57 bits per heavy atom. The van der Waals surface area contributed by atoms with Crippen molar-refractivity contribution in [2.75, 3.05) is 11.9 Å². The summed E-state index contributed by atoms with van der Waals surface area (Å²) < 4.78 is 0.946. The second-order valence-corrected chi connectivity index (χ2v) is 3.94. The molecule has 1 amide bonds. The second kappa shape index (κ2) is 5.12. The highest BCUT2D eigenvalue weighted by Crippen LogP contribution is 2.21. The molecule has 0 spiro atoms. The van der Waals surface area contributed by atoms with Crippen LogP contribution in [0.5, 0.6) is 0 Å². The van der Waals surface area contributed by atoms with E-state index in [0.29, 0.717) is 6.54 Å². The first-order valence-corrected chi connectivity index (χ1v) is 5.19.